The van der Waals surface area contributed by atoms with Gasteiger partial charge in [-0.1, -0.05) is 13.8 Å². The van der Waals surface area contributed by atoms with Crippen LogP contribution in [0.4, 0.5) is 10.5 Å². The molecule has 2 N–H and O–H groups in total. The molecule has 1 aliphatic carbocycles. The maximum atomic E-state index is 12.3. The van der Waals surface area contributed by atoms with Crippen LogP contribution in [0.2, 0.25) is 0 Å². The summed E-state index contributed by atoms with van der Waals surface area (Å²) < 4.78 is 12.1. The Morgan fingerprint density at radius 2 is 2.08 bits per heavy atom. The van der Waals surface area contributed by atoms with Crippen molar-refractivity contribution >= 4 is 22.8 Å². The highest BCUT2D eigenvalue weighted by molar-refractivity contribution is 5.91. The van der Waals surface area contributed by atoms with Crippen LogP contribution >= 0.6 is 0 Å². The zero-order chi connectivity index (χ0) is 17.7. The topological polar surface area (TPSA) is 85.5 Å². The number of hydrogen-bond donors (Lipinski definition) is 2. The summed E-state index contributed by atoms with van der Waals surface area (Å²) >= 11 is 0. The molecule has 2 aromatic rings. The number of rotatable bonds is 3. The number of nitrogens with zero attached hydrogens (tertiary/aromatic N) is 1. The highest BCUT2D eigenvalue weighted by Crippen LogP contribution is 2.51. The normalized spacial score (nSPS) is 25.3. The maximum absolute atomic E-state index is 12.3. The van der Waals surface area contributed by atoms with E-state index in [1.54, 1.807) is 32.4 Å². The number of carbonyl (C=O) groups is 1. The molecule has 1 aromatic carbocycles. The van der Waals surface area contributed by atoms with Crippen LogP contribution in [0.5, 0.6) is 0 Å². The van der Waals surface area contributed by atoms with Gasteiger partial charge in [0.15, 0.2) is 5.58 Å². The molecule has 0 aliphatic heterocycles. The van der Waals surface area contributed by atoms with Gasteiger partial charge in [-0.2, -0.15) is 0 Å². The Bertz CT molecular complexity index is 851. The monoisotopic (exact) mass is 333 g/mol. The van der Waals surface area contributed by atoms with Gasteiger partial charge in [-0.3, -0.25) is 4.57 Å². The van der Waals surface area contributed by atoms with Crippen LogP contribution in [-0.2, 0) is 11.8 Å². The Hall–Kier alpha value is -2.28. The van der Waals surface area contributed by atoms with Crippen molar-refractivity contribution in [2.24, 2.45) is 12.5 Å². The SMILES string of the molecule is COC1(C)CC(NC(=O)Nc2ccc3c(c2)oc(=O)n3C)C1(C)C. The summed E-state index contributed by atoms with van der Waals surface area (Å²) in [6, 6.07) is 4.86. The minimum absolute atomic E-state index is 0.0286. The van der Waals surface area contributed by atoms with Gasteiger partial charge in [-0.25, -0.2) is 9.59 Å². The van der Waals surface area contributed by atoms with Crippen molar-refractivity contribution < 1.29 is 13.9 Å². The summed E-state index contributed by atoms with van der Waals surface area (Å²) in [5.41, 5.74) is 1.30. The Morgan fingerprint density at radius 1 is 1.38 bits per heavy atom. The van der Waals surface area contributed by atoms with Crippen LogP contribution in [0, 0.1) is 5.41 Å². The Kier molecular flexibility index (Phi) is 3.71. The van der Waals surface area contributed by atoms with Crippen molar-refractivity contribution in [1.82, 2.24) is 9.88 Å². The molecule has 1 heterocycles. The van der Waals surface area contributed by atoms with E-state index >= 15 is 0 Å². The molecule has 0 bridgehead atoms. The zero-order valence-corrected chi connectivity index (χ0v) is 14.6. The van der Waals surface area contributed by atoms with E-state index in [9.17, 15) is 9.59 Å². The van der Waals surface area contributed by atoms with Crippen LogP contribution < -0.4 is 16.4 Å². The molecule has 7 heteroatoms. The molecule has 1 aromatic heterocycles. The molecule has 2 unspecified atom stereocenters. The van der Waals surface area contributed by atoms with Gasteiger partial charge in [0, 0.05) is 37.4 Å². The summed E-state index contributed by atoms with van der Waals surface area (Å²) in [6.45, 7) is 6.21. The van der Waals surface area contributed by atoms with Crippen molar-refractivity contribution in [3.05, 3.63) is 28.7 Å². The molecule has 0 spiro atoms. The third kappa shape index (κ3) is 2.39. The first-order valence-electron chi connectivity index (χ1n) is 7.90. The third-order valence-electron chi connectivity index (χ3n) is 5.63. The second kappa shape index (κ2) is 5.37. The van der Waals surface area contributed by atoms with Gasteiger partial charge in [-0.15, -0.1) is 0 Å². The summed E-state index contributed by atoms with van der Waals surface area (Å²) in [7, 11) is 3.33. The number of anilines is 1. The molecule has 0 radical (unpaired) electrons. The van der Waals surface area contributed by atoms with E-state index < -0.39 is 5.76 Å². The number of amides is 2. The van der Waals surface area contributed by atoms with Crippen LogP contribution in [0.15, 0.2) is 27.4 Å². The molecule has 24 heavy (non-hydrogen) atoms. The number of benzene rings is 1. The van der Waals surface area contributed by atoms with Crippen LogP contribution in [0.1, 0.15) is 27.2 Å². The standard InChI is InChI=1S/C17H23N3O4/c1-16(2)13(9-17(16,3)23-5)19-14(21)18-10-6-7-11-12(8-10)24-15(22)20(11)4/h6-8,13H,9H2,1-5H3,(H2,18,19,21). The highest BCUT2D eigenvalue weighted by Gasteiger charge is 2.58. The van der Waals surface area contributed by atoms with Gasteiger partial charge < -0.3 is 19.8 Å². The summed E-state index contributed by atoms with van der Waals surface area (Å²) in [6.07, 6.45) is 0.760. The van der Waals surface area contributed by atoms with E-state index in [1.165, 1.54) is 4.57 Å². The molecule has 2 amide bonds. The van der Waals surface area contributed by atoms with Gasteiger partial charge in [0.05, 0.1) is 11.1 Å². The van der Waals surface area contributed by atoms with Crippen LogP contribution in [0.3, 0.4) is 0 Å². The molecular weight excluding hydrogens is 310 g/mol. The summed E-state index contributed by atoms with van der Waals surface area (Å²) in [5, 5.41) is 5.76. The lowest BCUT2D eigenvalue weighted by atomic mass is 9.56. The van der Waals surface area contributed by atoms with E-state index in [0.29, 0.717) is 16.8 Å². The summed E-state index contributed by atoms with van der Waals surface area (Å²) in [5.74, 6) is -0.429. The fourth-order valence-corrected chi connectivity index (χ4v) is 3.26. The van der Waals surface area contributed by atoms with Gasteiger partial charge in [0.2, 0.25) is 0 Å². The highest BCUT2D eigenvalue weighted by atomic mass is 16.5. The van der Waals surface area contributed by atoms with Crippen molar-refractivity contribution in [3.8, 4) is 0 Å². The second-order valence-corrected chi connectivity index (χ2v) is 7.12. The average molecular weight is 333 g/mol. The van der Waals surface area contributed by atoms with Gasteiger partial charge in [0.1, 0.15) is 0 Å². The summed E-state index contributed by atoms with van der Waals surface area (Å²) in [4.78, 5) is 23.8. The lowest BCUT2D eigenvalue weighted by Crippen LogP contribution is -2.68. The van der Waals surface area contributed by atoms with Gasteiger partial charge in [0.25, 0.3) is 0 Å². The zero-order valence-electron chi connectivity index (χ0n) is 14.6. The average Bonchev–Trinajstić information content (AvgIpc) is 2.80. The van der Waals surface area contributed by atoms with Crippen LogP contribution in [0.25, 0.3) is 11.1 Å². The minimum atomic E-state index is -0.429. The maximum Gasteiger partial charge on any atom is 0.419 e. The third-order valence-corrected chi connectivity index (χ3v) is 5.63. The molecule has 0 saturated heterocycles. The predicted molar refractivity (Wildman–Crippen MR) is 91.2 cm³/mol. The first kappa shape index (κ1) is 16.6. The van der Waals surface area contributed by atoms with E-state index in [0.717, 1.165) is 6.42 Å². The van der Waals surface area contributed by atoms with Crippen molar-refractivity contribution in [1.29, 1.82) is 0 Å². The second-order valence-electron chi connectivity index (χ2n) is 7.12. The number of methoxy groups -OCH3 is 1. The van der Waals surface area contributed by atoms with E-state index in [2.05, 4.69) is 31.4 Å². The van der Waals surface area contributed by atoms with Gasteiger partial charge >= 0.3 is 11.8 Å². The molecular formula is C17H23N3O4. The number of fused-ring (bicyclic) bond motifs is 1. The van der Waals surface area contributed by atoms with E-state index in [4.69, 9.17) is 9.15 Å². The number of urea groups is 1. The Labute approximate surface area is 140 Å². The number of aromatic nitrogens is 1. The fraction of sp³-hybridized carbons (Fsp3) is 0.529. The molecule has 7 nitrogen and oxygen atoms in total. The van der Waals surface area contributed by atoms with E-state index in [-0.39, 0.29) is 23.1 Å². The molecule has 1 aliphatic rings. The van der Waals surface area contributed by atoms with Crippen molar-refractivity contribution in [2.45, 2.75) is 38.8 Å². The molecule has 2 atom stereocenters. The number of nitrogens with one attached hydrogen (secondary N) is 2. The number of carbonyl (C=O) groups excluding carboxylic acids is 1. The van der Waals surface area contributed by atoms with E-state index in [1.807, 2.05) is 0 Å². The fourth-order valence-electron chi connectivity index (χ4n) is 3.26. The largest absolute Gasteiger partial charge is 0.419 e. The Balaban J connectivity index is 1.69. The molecule has 3 rings (SSSR count). The first-order valence-corrected chi connectivity index (χ1v) is 7.90. The molecule has 1 fully saturated rings. The number of hydrogen-bond acceptors (Lipinski definition) is 4. The quantitative estimate of drug-likeness (QED) is 0.903. The smallest absolute Gasteiger partial charge is 0.408 e. The Morgan fingerprint density at radius 3 is 2.71 bits per heavy atom. The lowest BCUT2D eigenvalue weighted by molar-refractivity contribution is -0.177. The first-order chi connectivity index (χ1) is 11.2. The lowest BCUT2D eigenvalue weighted by Gasteiger charge is -2.59. The van der Waals surface area contributed by atoms with Crippen LogP contribution in [-0.4, -0.2) is 29.4 Å². The predicted octanol–water partition coefficient (Wildman–Crippen LogP) is 2.46. The minimum Gasteiger partial charge on any atom is -0.408 e. The van der Waals surface area contributed by atoms with Crippen molar-refractivity contribution in [3.63, 3.8) is 0 Å². The number of oxazole rings is 1. The van der Waals surface area contributed by atoms with Gasteiger partial charge in [-0.05, 0) is 25.5 Å². The molecule has 1 saturated carbocycles. The molecule has 130 valence electrons. The number of aryl methyl sites for hydroxylation is 1. The van der Waals surface area contributed by atoms with Crippen molar-refractivity contribution in [2.75, 3.05) is 12.4 Å². The number of ether oxygens (including phenoxy) is 1.